The van der Waals surface area contributed by atoms with Gasteiger partial charge >= 0.3 is 0 Å². The highest BCUT2D eigenvalue weighted by atomic mass is 79.9. The van der Waals surface area contributed by atoms with Crippen LogP contribution in [-0.4, -0.2) is 31.0 Å². The lowest BCUT2D eigenvalue weighted by Crippen LogP contribution is -2.31. The molecule has 0 heterocycles. The van der Waals surface area contributed by atoms with Crippen LogP contribution >= 0.6 is 31.9 Å². The van der Waals surface area contributed by atoms with E-state index in [0.29, 0.717) is 18.8 Å². The highest BCUT2D eigenvalue weighted by molar-refractivity contribution is 9.11. The van der Waals surface area contributed by atoms with Crippen molar-refractivity contribution in [2.45, 2.75) is 13.5 Å². The summed E-state index contributed by atoms with van der Waals surface area (Å²) in [5.74, 6) is 0.559. The van der Waals surface area contributed by atoms with Crippen LogP contribution in [0, 0.1) is 0 Å². The van der Waals surface area contributed by atoms with Crippen LogP contribution < -0.4 is 10.5 Å². The Hall–Kier alpha value is -0.590. The largest absolute Gasteiger partial charge is 0.481 e. The first-order chi connectivity index (χ1) is 8.49. The fraction of sp³-hybridized carbons (Fsp3) is 0.417. The van der Waals surface area contributed by atoms with E-state index in [1.165, 1.54) is 0 Å². The zero-order chi connectivity index (χ0) is 13.7. The summed E-state index contributed by atoms with van der Waals surface area (Å²) in [4.78, 5) is 13.3. The van der Waals surface area contributed by atoms with Crippen molar-refractivity contribution in [3.05, 3.63) is 26.6 Å². The smallest absolute Gasteiger partial charge is 0.260 e. The van der Waals surface area contributed by atoms with Gasteiger partial charge in [-0.25, -0.2) is 0 Å². The fourth-order valence-corrected chi connectivity index (χ4v) is 2.80. The first-order valence-corrected chi connectivity index (χ1v) is 7.13. The van der Waals surface area contributed by atoms with Crippen LogP contribution in [0.4, 0.5) is 0 Å². The number of carbonyl (C=O) groups excluding carboxylic acids is 1. The molecule has 0 atom stereocenters. The van der Waals surface area contributed by atoms with Gasteiger partial charge in [-0.05, 0) is 56.5 Å². The molecule has 0 aliphatic heterocycles. The molecule has 0 saturated carbocycles. The van der Waals surface area contributed by atoms with Crippen molar-refractivity contribution in [1.29, 1.82) is 0 Å². The van der Waals surface area contributed by atoms with Crippen molar-refractivity contribution in [2.24, 2.45) is 5.73 Å². The molecule has 1 rings (SSSR count). The zero-order valence-electron chi connectivity index (χ0n) is 10.4. The second kappa shape index (κ2) is 7.11. The maximum atomic E-state index is 11.6. The molecule has 0 saturated heterocycles. The summed E-state index contributed by atoms with van der Waals surface area (Å²) < 4.78 is 7.09. The molecule has 0 aromatic heterocycles. The van der Waals surface area contributed by atoms with E-state index < -0.39 is 0 Å². The number of ether oxygens (including phenoxy) is 1. The molecule has 0 radical (unpaired) electrons. The molecule has 0 aliphatic carbocycles. The second-order valence-corrected chi connectivity index (χ2v) is 5.50. The van der Waals surface area contributed by atoms with Crippen molar-refractivity contribution < 1.29 is 9.53 Å². The van der Waals surface area contributed by atoms with Crippen LogP contribution in [0.25, 0.3) is 0 Å². The molecule has 100 valence electrons. The molecule has 0 unspecified atom stereocenters. The maximum Gasteiger partial charge on any atom is 0.260 e. The highest BCUT2D eigenvalue weighted by Gasteiger charge is 2.12. The van der Waals surface area contributed by atoms with E-state index in [4.69, 9.17) is 10.5 Å². The van der Waals surface area contributed by atoms with Crippen LogP contribution in [-0.2, 0) is 11.3 Å². The predicted molar refractivity (Wildman–Crippen MR) is 78.5 cm³/mol. The van der Waals surface area contributed by atoms with E-state index in [2.05, 4.69) is 31.9 Å². The van der Waals surface area contributed by atoms with E-state index in [9.17, 15) is 4.79 Å². The quantitative estimate of drug-likeness (QED) is 0.855. The highest BCUT2D eigenvalue weighted by Crippen LogP contribution is 2.34. The third-order valence-corrected chi connectivity index (χ3v) is 3.71. The minimum Gasteiger partial charge on any atom is -0.481 e. The van der Waals surface area contributed by atoms with Crippen LogP contribution in [0.1, 0.15) is 12.5 Å². The average molecular weight is 380 g/mol. The van der Waals surface area contributed by atoms with E-state index in [1.807, 2.05) is 19.1 Å². The number of nitrogens with two attached hydrogens (primary N) is 1. The van der Waals surface area contributed by atoms with Gasteiger partial charge in [-0.3, -0.25) is 4.79 Å². The number of hydrogen-bond acceptors (Lipinski definition) is 3. The molecule has 2 N–H and O–H groups in total. The summed E-state index contributed by atoms with van der Waals surface area (Å²) in [6, 6.07) is 3.77. The summed E-state index contributed by atoms with van der Waals surface area (Å²) in [5.41, 5.74) is 6.56. The van der Waals surface area contributed by atoms with Crippen molar-refractivity contribution in [2.75, 3.05) is 20.2 Å². The number of carbonyl (C=O) groups is 1. The predicted octanol–water partition coefficient (Wildman–Crippen LogP) is 2.53. The Balaban J connectivity index is 2.77. The standard InChI is InChI=1S/C12H16Br2N2O2/c1-3-16(2)11(17)7-18-12-9(13)4-8(6-15)5-10(12)14/h4-5H,3,6-7,15H2,1-2H3. The third kappa shape index (κ3) is 3.96. The fourth-order valence-electron chi connectivity index (χ4n) is 1.29. The SMILES string of the molecule is CCN(C)C(=O)COc1c(Br)cc(CN)cc1Br. The van der Waals surface area contributed by atoms with Gasteiger partial charge in [0.25, 0.3) is 5.91 Å². The summed E-state index contributed by atoms with van der Waals surface area (Å²) in [7, 11) is 1.74. The van der Waals surface area contributed by atoms with Crippen molar-refractivity contribution in [3.63, 3.8) is 0 Å². The lowest BCUT2D eigenvalue weighted by molar-refractivity contribution is -0.131. The molecular formula is C12H16Br2N2O2. The Labute approximate surface area is 124 Å². The second-order valence-electron chi connectivity index (χ2n) is 3.79. The Morgan fingerprint density at radius 3 is 2.39 bits per heavy atom. The molecule has 0 fully saturated rings. The van der Waals surface area contributed by atoms with Gasteiger partial charge in [0, 0.05) is 20.1 Å². The molecule has 1 amide bonds. The number of benzene rings is 1. The van der Waals surface area contributed by atoms with Crippen LogP contribution in [0.15, 0.2) is 21.1 Å². The summed E-state index contributed by atoms with van der Waals surface area (Å²) in [5, 5.41) is 0. The minimum atomic E-state index is -0.0563. The lowest BCUT2D eigenvalue weighted by atomic mass is 10.2. The Kier molecular flexibility index (Phi) is 6.11. The van der Waals surface area contributed by atoms with Crippen LogP contribution in [0.2, 0.25) is 0 Å². The number of rotatable bonds is 5. The van der Waals surface area contributed by atoms with Crippen molar-refractivity contribution in [1.82, 2.24) is 4.90 Å². The van der Waals surface area contributed by atoms with Gasteiger partial charge in [0.1, 0.15) is 5.75 Å². The maximum absolute atomic E-state index is 11.6. The van der Waals surface area contributed by atoms with Crippen LogP contribution in [0.3, 0.4) is 0 Å². The Morgan fingerprint density at radius 1 is 1.39 bits per heavy atom. The molecule has 1 aromatic carbocycles. The van der Waals surface area contributed by atoms with Gasteiger partial charge in [0.2, 0.25) is 0 Å². The number of likely N-dealkylation sites (N-methyl/N-ethyl adjacent to an activating group) is 1. The van der Waals surface area contributed by atoms with E-state index in [0.717, 1.165) is 14.5 Å². The van der Waals surface area contributed by atoms with Gasteiger partial charge < -0.3 is 15.4 Å². The monoisotopic (exact) mass is 378 g/mol. The number of hydrogen-bond donors (Lipinski definition) is 1. The lowest BCUT2D eigenvalue weighted by Gasteiger charge is -2.16. The summed E-state index contributed by atoms with van der Waals surface area (Å²) in [6.07, 6.45) is 0. The number of amides is 1. The molecule has 6 heteroatoms. The zero-order valence-corrected chi connectivity index (χ0v) is 13.5. The van der Waals surface area contributed by atoms with Gasteiger partial charge in [-0.2, -0.15) is 0 Å². The molecule has 0 bridgehead atoms. The summed E-state index contributed by atoms with van der Waals surface area (Å²) in [6.45, 7) is 3.05. The van der Waals surface area contributed by atoms with E-state index in [-0.39, 0.29) is 12.5 Å². The average Bonchev–Trinajstić information content (AvgIpc) is 2.36. The molecule has 4 nitrogen and oxygen atoms in total. The first kappa shape index (κ1) is 15.5. The third-order valence-electron chi connectivity index (χ3n) is 2.53. The van der Waals surface area contributed by atoms with Gasteiger partial charge in [-0.1, -0.05) is 0 Å². The van der Waals surface area contributed by atoms with E-state index in [1.54, 1.807) is 11.9 Å². The Morgan fingerprint density at radius 2 is 1.94 bits per heavy atom. The summed E-state index contributed by atoms with van der Waals surface area (Å²) >= 11 is 6.82. The number of nitrogens with zero attached hydrogens (tertiary/aromatic N) is 1. The molecule has 1 aromatic rings. The van der Waals surface area contributed by atoms with Gasteiger partial charge in [0.15, 0.2) is 6.61 Å². The van der Waals surface area contributed by atoms with Crippen molar-refractivity contribution >= 4 is 37.8 Å². The molecular weight excluding hydrogens is 364 g/mol. The molecule has 0 aliphatic rings. The normalized spacial score (nSPS) is 10.3. The first-order valence-electron chi connectivity index (χ1n) is 5.54. The molecule has 0 spiro atoms. The Bertz CT molecular complexity index is 415. The van der Waals surface area contributed by atoms with Gasteiger partial charge in [-0.15, -0.1) is 0 Å². The molecule has 18 heavy (non-hydrogen) atoms. The minimum absolute atomic E-state index is 0.0174. The van der Waals surface area contributed by atoms with Crippen LogP contribution in [0.5, 0.6) is 5.75 Å². The van der Waals surface area contributed by atoms with E-state index >= 15 is 0 Å². The van der Waals surface area contributed by atoms with Gasteiger partial charge in [0.05, 0.1) is 8.95 Å². The van der Waals surface area contributed by atoms with Crippen molar-refractivity contribution in [3.8, 4) is 5.75 Å². The topological polar surface area (TPSA) is 55.6 Å². The number of halogens is 2.